The maximum absolute atomic E-state index is 13.5. The second-order valence-electron chi connectivity index (χ2n) is 8.71. The number of amides is 1. The summed E-state index contributed by atoms with van der Waals surface area (Å²) < 4.78 is 17.7. The van der Waals surface area contributed by atoms with Crippen LogP contribution in [0.5, 0.6) is 5.75 Å². The first-order chi connectivity index (χ1) is 15.7. The summed E-state index contributed by atoms with van der Waals surface area (Å²) in [5.41, 5.74) is 4.00. The van der Waals surface area contributed by atoms with Crippen LogP contribution in [-0.4, -0.2) is 25.7 Å². The van der Waals surface area contributed by atoms with Gasteiger partial charge < -0.3 is 19.1 Å². The zero-order valence-electron chi connectivity index (χ0n) is 19.4. The van der Waals surface area contributed by atoms with Crippen LogP contribution in [0.4, 0.5) is 5.69 Å². The van der Waals surface area contributed by atoms with E-state index in [1.165, 1.54) is 24.8 Å². The van der Waals surface area contributed by atoms with E-state index in [-0.39, 0.29) is 5.91 Å². The number of rotatable bonds is 11. The van der Waals surface area contributed by atoms with Gasteiger partial charge in [-0.3, -0.25) is 4.79 Å². The number of unbranched alkanes of at least 4 members (excludes halogenated alkanes) is 4. The molecule has 0 unspecified atom stereocenters. The molecule has 0 N–H and O–H groups in total. The molecular weight excluding hydrogens is 402 g/mol. The molecule has 0 radical (unpaired) electrons. The molecule has 5 heteroatoms. The largest absolute Gasteiger partial charge is 0.494 e. The topological polar surface area (TPSA) is 48.0 Å². The van der Waals surface area contributed by atoms with Gasteiger partial charge in [0, 0.05) is 5.56 Å². The van der Waals surface area contributed by atoms with Crippen LogP contribution in [0.1, 0.15) is 69.1 Å². The second kappa shape index (κ2) is 10.5. The van der Waals surface area contributed by atoms with E-state index in [2.05, 4.69) is 26.0 Å². The first kappa shape index (κ1) is 22.8. The highest BCUT2D eigenvalue weighted by Gasteiger charge is 2.56. The molecule has 32 heavy (non-hydrogen) atoms. The maximum atomic E-state index is 13.5. The second-order valence-corrected chi connectivity index (χ2v) is 8.71. The Hall–Kier alpha value is -2.37. The van der Waals surface area contributed by atoms with Gasteiger partial charge in [0.15, 0.2) is 0 Å². The number of hydrogen-bond donors (Lipinski definition) is 0. The van der Waals surface area contributed by atoms with Crippen LogP contribution in [0.25, 0.3) is 0 Å². The average molecular weight is 438 g/mol. The lowest BCUT2D eigenvalue weighted by Crippen LogP contribution is -2.40. The summed E-state index contributed by atoms with van der Waals surface area (Å²) in [7, 11) is 0. The zero-order chi connectivity index (χ0) is 22.4. The van der Waals surface area contributed by atoms with Gasteiger partial charge in [0.05, 0.1) is 32.1 Å². The monoisotopic (exact) mass is 437 g/mol. The third-order valence-corrected chi connectivity index (χ3v) is 6.28. The van der Waals surface area contributed by atoms with E-state index in [9.17, 15) is 4.79 Å². The zero-order valence-corrected chi connectivity index (χ0v) is 19.4. The minimum absolute atomic E-state index is 0.131. The van der Waals surface area contributed by atoms with Gasteiger partial charge in [0.2, 0.25) is 0 Å². The summed E-state index contributed by atoms with van der Waals surface area (Å²) in [5, 5.41) is 0. The molecule has 5 nitrogen and oxygen atoms in total. The summed E-state index contributed by atoms with van der Waals surface area (Å²) >= 11 is 0. The molecule has 2 aliphatic heterocycles. The smallest absolute Gasteiger partial charge is 0.292 e. The summed E-state index contributed by atoms with van der Waals surface area (Å²) in [6.07, 6.45) is 8.02. The standard InChI is InChI=1S/C27H35NO4/c1-3-5-7-8-16-30-23-13-10-22(11-14-23)20-28-25-15-12-21(9-6-4-2)19-24(25)27(26(28)29)31-17-18-32-27/h10-15,19H,3-9,16-18,20H2,1-2H3. The maximum Gasteiger partial charge on any atom is 0.292 e. The van der Waals surface area contributed by atoms with Crippen molar-refractivity contribution in [3.63, 3.8) is 0 Å². The van der Waals surface area contributed by atoms with Crippen molar-refractivity contribution in [2.75, 3.05) is 24.7 Å². The summed E-state index contributed by atoms with van der Waals surface area (Å²) in [5.74, 6) is -0.536. The Labute approximate surface area is 191 Å². The van der Waals surface area contributed by atoms with Crippen molar-refractivity contribution in [3.8, 4) is 5.75 Å². The van der Waals surface area contributed by atoms with Crippen LogP contribution >= 0.6 is 0 Å². The Bertz CT molecular complexity index is 902. The van der Waals surface area contributed by atoms with Gasteiger partial charge in [-0.2, -0.15) is 0 Å². The Morgan fingerprint density at radius 1 is 0.906 bits per heavy atom. The summed E-state index contributed by atoms with van der Waals surface area (Å²) in [4.78, 5) is 15.3. The van der Waals surface area contributed by atoms with Crippen molar-refractivity contribution < 1.29 is 19.0 Å². The predicted octanol–water partition coefficient (Wildman–Crippen LogP) is 5.73. The first-order valence-corrected chi connectivity index (χ1v) is 12.1. The van der Waals surface area contributed by atoms with Crippen LogP contribution in [0, 0.1) is 0 Å². The van der Waals surface area contributed by atoms with Crippen molar-refractivity contribution in [1.29, 1.82) is 0 Å². The Morgan fingerprint density at radius 3 is 2.34 bits per heavy atom. The first-order valence-electron chi connectivity index (χ1n) is 12.1. The fourth-order valence-electron chi connectivity index (χ4n) is 4.46. The fraction of sp³-hybridized carbons (Fsp3) is 0.519. The van der Waals surface area contributed by atoms with Crippen LogP contribution in [0.3, 0.4) is 0 Å². The van der Waals surface area contributed by atoms with E-state index in [0.29, 0.717) is 19.8 Å². The lowest BCUT2D eigenvalue weighted by molar-refractivity contribution is -0.180. The van der Waals surface area contributed by atoms with Gasteiger partial charge in [-0.15, -0.1) is 0 Å². The van der Waals surface area contributed by atoms with E-state index in [0.717, 1.165) is 54.9 Å². The van der Waals surface area contributed by atoms with Crippen molar-refractivity contribution >= 4 is 11.6 Å². The number of carbonyl (C=O) groups excluding carboxylic acids is 1. The molecule has 172 valence electrons. The highest BCUT2D eigenvalue weighted by atomic mass is 16.7. The molecule has 0 aliphatic carbocycles. The highest BCUT2D eigenvalue weighted by Crippen LogP contribution is 2.46. The quantitative estimate of drug-likeness (QED) is 0.421. The van der Waals surface area contributed by atoms with Gasteiger partial charge in [-0.05, 0) is 54.7 Å². The average Bonchev–Trinajstić information content (AvgIpc) is 3.40. The van der Waals surface area contributed by atoms with Crippen LogP contribution in [-0.2, 0) is 33.0 Å². The molecule has 0 atom stereocenters. The molecule has 1 saturated heterocycles. The number of carbonyl (C=O) groups is 1. The van der Waals surface area contributed by atoms with Crippen molar-refractivity contribution in [2.45, 2.75) is 71.1 Å². The van der Waals surface area contributed by atoms with E-state index >= 15 is 0 Å². The van der Waals surface area contributed by atoms with E-state index in [1.54, 1.807) is 4.90 Å². The molecule has 2 heterocycles. The molecule has 4 rings (SSSR count). The third kappa shape index (κ3) is 4.69. The lowest BCUT2D eigenvalue weighted by Gasteiger charge is -2.22. The molecule has 1 spiro atoms. The molecule has 0 bridgehead atoms. The highest BCUT2D eigenvalue weighted by molar-refractivity contribution is 6.06. The van der Waals surface area contributed by atoms with E-state index in [1.807, 2.05) is 30.3 Å². The number of benzene rings is 2. The number of anilines is 1. The molecule has 2 aromatic carbocycles. The molecule has 1 amide bonds. The summed E-state index contributed by atoms with van der Waals surface area (Å²) in [6.45, 7) is 6.48. The van der Waals surface area contributed by atoms with Crippen LogP contribution < -0.4 is 9.64 Å². The molecule has 2 aromatic rings. The number of nitrogens with zero attached hydrogens (tertiary/aromatic N) is 1. The number of aryl methyl sites for hydroxylation is 1. The van der Waals surface area contributed by atoms with Gasteiger partial charge in [0.25, 0.3) is 11.7 Å². The number of hydrogen-bond acceptors (Lipinski definition) is 4. The van der Waals surface area contributed by atoms with Gasteiger partial charge in [0.1, 0.15) is 5.75 Å². The molecule has 0 saturated carbocycles. The third-order valence-electron chi connectivity index (χ3n) is 6.28. The Kier molecular flexibility index (Phi) is 7.48. The Balaban J connectivity index is 1.48. The molecule has 0 aromatic heterocycles. The van der Waals surface area contributed by atoms with Crippen LogP contribution in [0.2, 0.25) is 0 Å². The predicted molar refractivity (Wildman–Crippen MR) is 126 cm³/mol. The van der Waals surface area contributed by atoms with Gasteiger partial charge in [-0.25, -0.2) is 0 Å². The number of fused-ring (bicyclic) bond motifs is 2. The normalized spacial score (nSPS) is 16.7. The van der Waals surface area contributed by atoms with E-state index in [4.69, 9.17) is 14.2 Å². The van der Waals surface area contributed by atoms with Crippen molar-refractivity contribution in [1.82, 2.24) is 0 Å². The lowest BCUT2D eigenvalue weighted by atomic mass is 10.0. The van der Waals surface area contributed by atoms with Gasteiger partial charge in [-0.1, -0.05) is 57.7 Å². The van der Waals surface area contributed by atoms with Crippen molar-refractivity contribution in [3.05, 3.63) is 59.2 Å². The molecule has 1 fully saturated rings. The molecular formula is C27H35NO4. The Morgan fingerprint density at radius 2 is 1.62 bits per heavy atom. The fourth-order valence-corrected chi connectivity index (χ4v) is 4.46. The van der Waals surface area contributed by atoms with Crippen LogP contribution in [0.15, 0.2) is 42.5 Å². The number of ether oxygens (including phenoxy) is 3. The van der Waals surface area contributed by atoms with Crippen molar-refractivity contribution in [2.24, 2.45) is 0 Å². The minimum atomic E-state index is -1.28. The molecule has 2 aliphatic rings. The van der Waals surface area contributed by atoms with Gasteiger partial charge >= 0.3 is 0 Å². The van der Waals surface area contributed by atoms with E-state index < -0.39 is 5.79 Å². The minimum Gasteiger partial charge on any atom is -0.494 e. The SMILES string of the molecule is CCCCCCOc1ccc(CN2C(=O)C3(OCCO3)c3cc(CCCC)ccc32)cc1. The summed E-state index contributed by atoms with van der Waals surface area (Å²) in [6, 6.07) is 14.3.